The van der Waals surface area contributed by atoms with Crippen LogP contribution in [0.4, 0.5) is 0 Å². The number of aromatic nitrogens is 1. The van der Waals surface area contributed by atoms with Crippen LogP contribution in [0.3, 0.4) is 0 Å². The fraction of sp³-hybridized carbons (Fsp3) is 0.154. The third kappa shape index (κ3) is 3.17. The van der Waals surface area contributed by atoms with E-state index in [4.69, 9.17) is 0 Å². The fourth-order valence-corrected chi connectivity index (χ4v) is 1.53. The van der Waals surface area contributed by atoms with Crippen molar-refractivity contribution in [1.29, 1.82) is 0 Å². The van der Waals surface area contributed by atoms with Gasteiger partial charge in [0.05, 0.1) is 0 Å². The molecule has 1 heterocycles. The predicted molar refractivity (Wildman–Crippen MR) is 69.7 cm³/mol. The van der Waals surface area contributed by atoms with Crippen LogP contribution in [-0.4, -0.2) is 4.98 Å². The van der Waals surface area contributed by atoms with Crippen molar-refractivity contribution in [3.05, 3.63) is 58.9 Å². The van der Waals surface area contributed by atoms with Crippen LogP contribution in [0.25, 0.3) is 5.57 Å². The molecule has 0 bridgehead atoms. The Balaban J connectivity index is 2.97. The molecule has 1 rings (SSSR count). The standard InChI is InChI=1S/C13H14BrN/c1-4-5-6-7-10(2)12-8-15-9-13(14)11(12)3/h4-9H,2H2,1,3H3/b5-4-,7-6-. The molecule has 1 nitrogen and oxygen atoms in total. The highest BCUT2D eigenvalue weighted by molar-refractivity contribution is 9.10. The van der Waals surface area contributed by atoms with Gasteiger partial charge in [-0.25, -0.2) is 0 Å². The Morgan fingerprint density at radius 3 is 2.80 bits per heavy atom. The minimum absolute atomic E-state index is 0.972. The second-order valence-corrected chi connectivity index (χ2v) is 4.06. The molecule has 0 saturated carbocycles. The number of pyridine rings is 1. The number of halogens is 1. The highest BCUT2D eigenvalue weighted by Crippen LogP contribution is 2.23. The molecule has 0 N–H and O–H groups in total. The van der Waals surface area contributed by atoms with Crippen molar-refractivity contribution in [3.8, 4) is 0 Å². The van der Waals surface area contributed by atoms with Gasteiger partial charge in [-0.1, -0.05) is 30.9 Å². The van der Waals surface area contributed by atoms with Gasteiger partial charge in [0.25, 0.3) is 0 Å². The third-order valence-corrected chi connectivity index (χ3v) is 2.90. The molecule has 1 aromatic rings. The van der Waals surface area contributed by atoms with Crippen LogP contribution in [0.5, 0.6) is 0 Å². The molecule has 2 heteroatoms. The first-order valence-electron chi connectivity index (χ1n) is 4.75. The van der Waals surface area contributed by atoms with Crippen LogP contribution < -0.4 is 0 Å². The second-order valence-electron chi connectivity index (χ2n) is 3.20. The van der Waals surface area contributed by atoms with E-state index < -0.39 is 0 Å². The molecule has 0 radical (unpaired) electrons. The van der Waals surface area contributed by atoms with Crippen LogP contribution in [0.1, 0.15) is 18.1 Å². The molecule has 1 aromatic heterocycles. The fourth-order valence-electron chi connectivity index (χ4n) is 1.20. The molecule has 0 fully saturated rings. The zero-order valence-electron chi connectivity index (χ0n) is 9.00. The monoisotopic (exact) mass is 263 g/mol. The van der Waals surface area contributed by atoms with Gasteiger partial charge in [0.15, 0.2) is 0 Å². The summed E-state index contributed by atoms with van der Waals surface area (Å²) in [5.41, 5.74) is 3.21. The normalized spacial score (nSPS) is 11.4. The van der Waals surface area contributed by atoms with Crippen LogP contribution in [0.15, 0.2) is 47.7 Å². The minimum atomic E-state index is 0.972. The summed E-state index contributed by atoms with van der Waals surface area (Å²) in [7, 11) is 0. The van der Waals surface area contributed by atoms with Crippen LogP contribution in [0, 0.1) is 6.92 Å². The summed E-state index contributed by atoms with van der Waals surface area (Å²) >= 11 is 3.45. The van der Waals surface area contributed by atoms with Crippen molar-refractivity contribution < 1.29 is 0 Å². The highest BCUT2D eigenvalue weighted by atomic mass is 79.9. The Morgan fingerprint density at radius 2 is 2.13 bits per heavy atom. The summed E-state index contributed by atoms with van der Waals surface area (Å²) in [5, 5.41) is 0. The lowest BCUT2D eigenvalue weighted by molar-refractivity contribution is 1.24. The smallest absolute Gasteiger partial charge is 0.0413 e. The summed E-state index contributed by atoms with van der Waals surface area (Å²) in [5.74, 6) is 0. The van der Waals surface area contributed by atoms with Gasteiger partial charge < -0.3 is 0 Å². The van der Waals surface area contributed by atoms with Crippen LogP contribution >= 0.6 is 15.9 Å². The zero-order chi connectivity index (χ0) is 11.3. The molecule has 0 aromatic carbocycles. The van der Waals surface area contributed by atoms with Crippen molar-refractivity contribution in [2.45, 2.75) is 13.8 Å². The van der Waals surface area contributed by atoms with E-state index in [-0.39, 0.29) is 0 Å². The van der Waals surface area contributed by atoms with Gasteiger partial charge in [0, 0.05) is 22.4 Å². The average Bonchev–Trinajstić information content (AvgIpc) is 2.22. The van der Waals surface area contributed by atoms with Crippen molar-refractivity contribution in [1.82, 2.24) is 4.98 Å². The van der Waals surface area contributed by atoms with Gasteiger partial charge in [0.1, 0.15) is 0 Å². The minimum Gasteiger partial charge on any atom is -0.263 e. The molecule has 15 heavy (non-hydrogen) atoms. The predicted octanol–water partition coefficient (Wildman–Crippen LogP) is 4.30. The van der Waals surface area contributed by atoms with Crippen LogP contribution in [0.2, 0.25) is 0 Å². The lowest BCUT2D eigenvalue weighted by Gasteiger charge is -2.05. The molecule has 0 aliphatic rings. The first kappa shape index (κ1) is 11.9. The molecule has 0 unspecified atom stereocenters. The molecule has 0 aliphatic heterocycles. The van der Waals surface area contributed by atoms with Gasteiger partial charge in [0.2, 0.25) is 0 Å². The first-order valence-corrected chi connectivity index (χ1v) is 5.55. The largest absolute Gasteiger partial charge is 0.263 e. The topological polar surface area (TPSA) is 12.9 Å². The number of nitrogens with zero attached hydrogens (tertiary/aromatic N) is 1. The van der Waals surface area contributed by atoms with E-state index in [0.29, 0.717) is 0 Å². The molecule has 0 amide bonds. The van der Waals surface area contributed by atoms with Crippen molar-refractivity contribution in [2.75, 3.05) is 0 Å². The van der Waals surface area contributed by atoms with E-state index >= 15 is 0 Å². The number of rotatable bonds is 3. The van der Waals surface area contributed by atoms with E-state index in [1.807, 2.05) is 37.4 Å². The summed E-state index contributed by atoms with van der Waals surface area (Å²) in [6.45, 7) is 8.05. The Hall–Kier alpha value is -1.15. The first-order chi connectivity index (χ1) is 7.16. The summed E-state index contributed by atoms with van der Waals surface area (Å²) in [6, 6.07) is 0. The van der Waals surface area contributed by atoms with E-state index in [1.54, 1.807) is 6.20 Å². The molecular formula is C13H14BrN. The van der Waals surface area contributed by atoms with E-state index in [9.17, 15) is 0 Å². The Labute approximate surface area is 99.4 Å². The number of hydrogen-bond acceptors (Lipinski definition) is 1. The van der Waals surface area contributed by atoms with Gasteiger partial charge in [-0.2, -0.15) is 0 Å². The van der Waals surface area contributed by atoms with Crippen molar-refractivity contribution >= 4 is 21.5 Å². The average molecular weight is 264 g/mol. The Bertz CT molecular complexity index is 417. The lowest BCUT2D eigenvalue weighted by Crippen LogP contribution is -1.88. The van der Waals surface area contributed by atoms with Gasteiger partial charge in [-0.05, 0) is 40.9 Å². The molecule has 0 aliphatic carbocycles. The maximum atomic E-state index is 4.13. The lowest BCUT2D eigenvalue weighted by atomic mass is 10.0. The highest BCUT2D eigenvalue weighted by Gasteiger charge is 2.03. The SMILES string of the molecule is C=C(/C=C\C=C/C)c1cncc(Br)c1C. The van der Waals surface area contributed by atoms with Gasteiger partial charge >= 0.3 is 0 Å². The molecule has 0 spiro atoms. The van der Waals surface area contributed by atoms with Gasteiger partial charge in [-0.15, -0.1) is 0 Å². The second kappa shape index (κ2) is 5.66. The summed E-state index contributed by atoms with van der Waals surface area (Å²) < 4.78 is 1.01. The quantitative estimate of drug-likeness (QED) is 0.742. The Kier molecular flexibility index (Phi) is 4.50. The molecule has 0 atom stereocenters. The molecule has 78 valence electrons. The summed E-state index contributed by atoms with van der Waals surface area (Å²) in [4.78, 5) is 4.13. The molecule has 0 saturated heterocycles. The van der Waals surface area contributed by atoms with Crippen molar-refractivity contribution in [3.63, 3.8) is 0 Å². The van der Waals surface area contributed by atoms with E-state index in [1.165, 1.54) is 5.56 Å². The van der Waals surface area contributed by atoms with Crippen LogP contribution in [-0.2, 0) is 0 Å². The number of allylic oxidation sites excluding steroid dienone is 5. The molecular weight excluding hydrogens is 250 g/mol. The van der Waals surface area contributed by atoms with Gasteiger partial charge in [-0.3, -0.25) is 4.98 Å². The number of hydrogen-bond donors (Lipinski definition) is 0. The van der Waals surface area contributed by atoms with Crippen molar-refractivity contribution in [2.24, 2.45) is 0 Å². The maximum absolute atomic E-state index is 4.13. The Morgan fingerprint density at radius 1 is 1.40 bits per heavy atom. The maximum Gasteiger partial charge on any atom is 0.0413 e. The zero-order valence-corrected chi connectivity index (χ0v) is 10.6. The van der Waals surface area contributed by atoms with E-state index in [2.05, 4.69) is 34.4 Å². The third-order valence-electron chi connectivity index (χ3n) is 2.10. The summed E-state index contributed by atoms with van der Waals surface area (Å²) in [6.07, 6.45) is 11.5. The van der Waals surface area contributed by atoms with E-state index in [0.717, 1.165) is 15.6 Å².